The average Bonchev–Trinajstić information content (AvgIpc) is 3.14. The maximum atomic E-state index is 5.74. The molecule has 0 aliphatic heterocycles. The summed E-state index contributed by atoms with van der Waals surface area (Å²) in [6.45, 7) is 0. The second kappa shape index (κ2) is 4.49. The van der Waals surface area contributed by atoms with Gasteiger partial charge in [0.05, 0.1) is 6.20 Å². The van der Waals surface area contributed by atoms with Crippen LogP contribution >= 0.6 is 0 Å². The monoisotopic (exact) mass is 276 g/mol. The van der Waals surface area contributed by atoms with E-state index in [1.165, 1.54) is 0 Å². The molecule has 2 heterocycles. The van der Waals surface area contributed by atoms with Gasteiger partial charge in [-0.3, -0.25) is 0 Å². The standard InChI is InChI=1S/C16H12N4O/c17-13-6-7-14-15(8-13)21-16(19-14)20-10-12(9-18-20)11-4-2-1-3-5-11/h1-10H,17H2. The minimum absolute atomic E-state index is 0.429. The van der Waals surface area contributed by atoms with Crippen molar-refractivity contribution in [1.82, 2.24) is 14.8 Å². The van der Waals surface area contributed by atoms with Crippen LogP contribution < -0.4 is 5.73 Å². The Labute approximate surface area is 120 Å². The van der Waals surface area contributed by atoms with Crippen LogP contribution in [0.2, 0.25) is 0 Å². The van der Waals surface area contributed by atoms with E-state index < -0.39 is 0 Å². The summed E-state index contributed by atoms with van der Waals surface area (Å²) >= 11 is 0. The van der Waals surface area contributed by atoms with Crippen LogP contribution in [0.1, 0.15) is 0 Å². The van der Waals surface area contributed by atoms with E-state index in [0.29, 0.717) is 17.3 Å². The topological polar surface area (TPSA) is 69.9 Å². The summed E-state index contributed by atoms with van der Waals surface area (Å²) in [4.78, 5) is 4.41. The van der Waals surface area contributed by atoms with Gasteiger partial charge in [-0.25, -0.2) is 0 Å². The minimum Gasteiger partial charge on any atom is -0.422 e. The van der Waals surface area contributed by atoms with Crippen molar-refractivity contribution in [2.75, 3.05) is 5.73 Å². The molecule has 0 saturated heterocycles. The van der Waals surface area contributed by atoms with Gasteiger partial charge in [0.25, 0.3) is 0 Å². The Bertz CT molecular complexity index is 908. The summed E-state index contributed by atoms with van der Waals surface area (Å²) < 4.78 is 7.32. The van der Waals surface area contributed by atoms with Crippen LogP contribution in [0.4, 0.5) is 5.69 Å². The Hall–Kier alpha value is -3.08. The molecule has 2 aromatic heterocycles. The van der Waals surface area contributed by atoms with Gasteiger partial charge in [0.1, 0.15) is 5.52 Å². The van der Waals surface area contributed by atoms with Gasteiger partial charge >= 0.3 is 6.01 Å². The van der Waals surface area contributed by atoms with Gasteiger partial charge in [0, 0.05) is 23.5 Å². The first-order valence-corrected chi connectivity index (χ1v) is 6.56. The van der Waals surface area contributed by atoms with Gasteiger partial charge in [0.2, 0.25) is 0 Å². The van der Waals surface area contributed by atoms with Crippen molar-refractivity contribution >= 4 is 16.8 Å². The maximum Gasteiger partial charge on any atom is 0.323 e. The Morgan fingerprint density at radius 3 is 2.71 bits per heavy atom. The molecule has 102 valence electrons. The molecule has 5 heteroatoms. The van der Waals surface area contributed by atoms with E-state index in [2.05, 4.69) is 10.1 Å². The molecule has 21 heavy (non-hydrogen) atoms. The van der Waals surface area contributed by atoms with Crippen molar-refractivity contribution < 1.29 is 4.42 Å². The van der Waals surface area contributed by atoms with Gasteiger partial charge in [-0.05, 0) is 17.7 Å². The number of rotatable bonds is 2. The summed E-state index contributed by atoms with van der Waals surface area (Å²) in [6.07, 6.45) is 3.68. The molecule has 4 aromatic rings. The van der Waals surface area contributed by atoms with Gasteiger partial charge in [-0.15, -0.1) is 0 Å². The number of nitrogen functional groups attached to an aromatic ring is 1. The number of hydrogen-bond acceptors (Lipinski definition) is 4. The van der Waals surface area contributed by atoms with E-state index in [9.17, 15) is 0 Å². The van der Waals surface area contributed by atoms with E-state index in [-0.39, 0.29) is 0 Å². The predicted octanol–water partition coefficient (Wildman–Crippen LogP) is 3.26. The zero-order chi connectivity index (χ0) is 14.2. The lowest BCUT2D eigenvalue weighted by Crippen LogP contribution is -1.93. The fourth-order valence-corrected chi connectivity index (χ4v) is 2.23. The van der Waals surface area contributed by atoms with Gasteiger partial charge in [-0.2, -0.15) is 14.8 Å². The van der Waals surface area contributed by atoms with Crippen LogP contribution in [0.25, 0.3) is 28.2 Å². The highest BCUT2D eigenvalue weighted by molar-refractivity contribution is 5.77. The number of oxazole rings is 1. The molecule has 0 bridgehead atoms. The number of anilines is 1. The largest absolute Gasteiger partial charge is 0.422 e. The lowest BCUT2D eigenvalue weighted by Gasteiger charge is -1.94. The van der Waals surface area contributed by atoms with Crippen molar-refractivity contribution in [1.29, 1.82) is 0 Å². The molecule has 0 amide bonds. The van der Waals surface area contributed by atoms with Crippen molar-refractivity contribution in [3.05, 3.63) is 60.9 Å². The Morgan fingerprint density at radius 1 is 1.00 bits per heavy atom. The summed E-state index contributed by atoms with van der Waals surface area (Å²) in [5.41, 5.74) is 9.92. The van der Waals surface area contributed by atoms with Crippen LogP contribution in [0.5, 0.6) is 0 Å². The van der Waals surface area contributed by atoms with Gasteiger partial charge in [0.15, 0.2) is 5.58 Å². The normalized spacial score (nSPS) is 11.0. The van der Waals surface area contributed by atoms with Gasteiger partial charge in [-0.1, -0.05) is 30.3 Å². The van der Waals surface area contributed by atoms with E-state index in [0.717, 1.165) is 16.6 Å². The lowest BCUT2D eigenvalue weighted by atomic mass is 10.1. The number of nitrogens with zero attached hydrogens (tertiary/aromatic N) is 3. The van der Waals surface area contributed by atoms with E-state index in [1.807, 2.05) is 42.6 Å². The number of hydrogen-bond donors (Lipinski definition) is 1. The third kappa shape index (κ3) is 2.04. The fraction of sp³-hybridized carbons (Fsp3) is 0. The third-order valence-electron chi connectivity index (χ3n) is 3.29. The van der Waals surface area contributed by atoms with E-state index >= 15 is 0 Å². The lowest BCUT2D eigenvalue weighted by molar-refractivity contribution is 0.543. The number of nitrogens with two attached hydrogens (primary N) is 1. The van der Waals surface area contributed by atoms with Crippen LogP contribution in [0, 0.1) is 0 Å². The molecule has 0 spiro atoms. The summed E-state index contributed by atoms with van der Waals surface area (Å²) in [6, 6.07) is 15.9. The van der Waals surface area contributed by atoms with Crippen LogP contribution in [-0.2, 0) is 0 Å². The molecule has 0 aliphatic carbocycles. The molecule has 5 nitrogen and oxygen atoms in total. The molecular formula is C16H12N4O. The number of fused-ring (bicyclic) bond motifs is 1. The van der Waals surface area contributed by atoms with Crippen molar-refractivity contribution in [2.24, 2.45) is 0 Å². The maximum absolute atomic E-state index is 5.74. The highest BCUT2D eigenvalue weighted by Crippen LogP contribution is 2.23. The molecule has 4 rings (SSSR count). The molecule has 0 fully saturated rings. The Balaban J connectivity index is 1.77. The first-order valence-electron chi connectivity index (χ1n) is 6.56. The van der Waals surface area contributed by atoms with E-state index in [4.69, 9.17) is 10.2 Å². The average molecular weight is 276 g/mol. The molecule has 2 aromatic carbocycles. The van der Waals surface area contributed by atoms with E-state index in [1.54, 1.807) is 23.0 Å². The van der Waals surface area contributed by atoms with Crippen molar-refractivity contribution in [2.45, 2.75) is 0 Å². The quantitative estimate of drug-likeness (QED) is 0.570. The highest BCUT2D eigenvalue weighted by atomic mass is 16.4. The SMILES string of the molecule is Nc1ccc2nc(-n3cc(-c4ccccc4)cn3)oc2c1. The Kier molecular flexibility index (Phi) is 2.50. The Morgan fingerprint density at radius 2 is 1.86 bits per heavy atom. The molecule has 0 saturated carbocycles. The summed E-state index contributed by atoms with van der Waals surface area (Å²) in [5, 5.41) is 4.31. The number of benzene rings is 2. The highest BCUT2D eigenvalue weighted by Gasteiger charge is 2.10. The molecule has 0 unspecified atom stereocenters. The molecule has 0 radical (unpaired) electrons. The van der Waals surface area contributed by atoms with Crippen molar-refractivity contribution in [3.63, 3.8) is 0 Å². The molecule has 0 atom stereocenters. The predicted molar refractivity (Wildman–Crippen MR) is 81.0 cm³/mol. The summed E-state index contributed by atoms with van der Waals surface area (Å²) in [5.74, 6) is 0. The van der Waals surface area contributed by atoms with Crippen LogP contribution in [-0.4, -0.2) is 14.8 Å². The second-order valence-electron chi connectivity index (χ2n) is 4.76. The zero-order valence-corrected chi connectivity index (χ0v) is 11.1. The van der Waals surface area contributed by atoms with Gasteiger partial charge < -0.3 is 10.2 Å². The zero-order valence-electron chi connectivity index (χ0n) is 11.1. The minimum atomic E-state index is 0.429. The fourth-order valence-electron chi connectivity index (χ4n) is 2.23. The van der Waals surface area contributed by atoms with Crippen LogP contribution in [0.15, 0.2) is 65.3 Å². The molecule has 0 aliphatic rings. The first kappa shape index (κ1) is 11.7. The number of aromatic nitrogens is 3. The molecule has 2 N–H and O–H groups in total. The van der Waals surface area contributed by atoms with Crippen LogP contribution in [0.3, 0.4) is 0 Å². The van der Waals surface area contributed by atoms with Crippen molar-refractivity contribution in [3.8, 4) is 17.1 Å². The second-order valence-corrected chi connectivity index (χ2v) is 4.76. The summed E-state index contributed by atoms with van der Waals surface area (Å²) in [7, 11) is 0. The third-order valence-corrected chi connectivity index (χ3v) is 3.29. The smallest absolute Gasteiger partial charge is 0.323 e. The molecular weight excluding hydrogens is 264 g/mol. The first-order chi connectivity index (χ1) is 10.3.